The van der Waals surface area contributed by atoms with Gasteiger partial charge in [-0.15, -0.1) is 0 Å². The third kappa shape index (κ3) is 4.91. The summed E-state index contributed by atoms with van der Waals surface area (Å²) in [6.07, 6.45) is 2.40. The van der Waals surface area contributed by atoms with E-state index in [1.54, 1.807) is 18.2 Å². The first-order valence-corrected chi connectivity index (χ1v) is 8.88. The van der Waals surface area contributed by atoms with Gasteiger partial charge >= 0.3 is 0 Å². The first-order valence-electron chi connectivity index (χ1n) is 7.01. The Bertz CT molecular complexity index is 942. The molecule has 0 fully saturated rings. The molecule has 0 heterocycles. The molecule has 2 rings (SSSR count). The van der Waals surface area contributed by atoms with Crippen molar-refractivity contribution in [3.05, 3.63) is 83.3 Å². The standard InChI is InChI=1S/C17H15ClFN3O2S/c1-12(22-25(23,24)14-5-3-2-4-6-14)9-17(21-11-20)13-7-8-16(19)15(18)10-13/h2-11,22H,1H2,(H2,20,21)/b17-9-. The van der Waals surface area contributed by atoms with Crippen LogP contribution in [0.15, 0.2) is 76.8 Å². The van der Waals surface area contributed by atoms with Gasteiger partial charge in [0.15, 0.2) is 0 Å². The quantitative estimate of drug-likeness (QED) is 0.459. The molecule has 0 aliphatic rings. The molecule has 2 aromatic carbocycles. The van der Waals surface area contributed by atoms with E-state index < -0.39 is 15.8 Å². The Hall–Kier alpha value is -2.64. The molecule has 0 radical (unpaired) electrons. The number of nitrogens with one attached hydrogen (secondary N) is 1. The Morgan fingerprint density at radius 3 is 2.52 bits per heavy atom. The van der Waals surface area contributed by atoms with E-state index in [1.807, 2.05) is 0 Å². The summed E-state index contributed by atoms with van der Waals surface area (Å²) in [6.45, 7) is 3.66. The fraction of sp³-hybridized carbons (Fsp3) is 0. The van der Waals surface area contributed by atoms with Gasteiger partial charge in [0, 0.05) is 11.3 Å². The Labute approximate surface area is 150 Å². The lowest BCUT2D eigenvalue weighted by Gasteiger charge is -2.09. The van der Waals surface area contributed by atoms with Gasteiger partial charge in [0.2, 0.25) is 0 Å². The van der Waals surface area contributed by atoms with E-state index in [0.717, 1.165) is 6.34 Å². The highest BCUT2D eigenvalue weighted by molar-refractivity contribution is 7.89. The summed E-state index contributed by atoms with van der Waals surface area (Å²) in [6, 6.07) is 11.8. The van der Waals surface area contributed by atoms with E-state index in [-0.39, 0.29) is 21.3 Å². The van der Waals surface area contributed by atoms with E-state index in [9.17, 15) is 12.8 Å². The third-order valence-electron chi connectivity index (χ3n) is 3.06. The number of hydrogen-bond donors (Lipinski definition) is 2. The van der Waals surface area contributed by atoms with Gasteiger partial charge in [-0.3, -0.25) is 4.72 Å². The average molecular weight is 380 g/mol. The first kappa shape index (κ1) is 18.7. The number of aliphatic imine (C=N–C) groups is 1. The number of benzene rings is 2. The normalized spacial score (nSPS) is 12.3. The molecule has 0 aromatic heterocycles. The molecule has 25 heavy (non-hydrogen) atoms. The molecule has 130 valence electrons. The summed E-state index contributed by atoms with van der Waals surface area (Å²) >= 11 is 5.76. The van der Waals surface area contributed by atoms with Crippen molar-refractivity contribution in [2.24, 2.45) is 10.7 Å². The van der Waals surface area contributed by atoms with Gasteiger partial charge < -0.3 is 5.73 Å². The molecular formula is C17H15ClFN3O2S. The van der Waals surface area contributed by atoms with Crippen LogP contribution in [0.5, 0.6) is 0 Å². The maximum Gasteiger partial charge on any atom is 0.261 e. The second kappa shape index (κ2) is 7.96. The zero-order chi connectivity index (χ0) is 18.4. The topological polar surface area (TPSA) is 84.5 Å². The maximum absolute atomic E-state index is 13.3. The Morgan fingerprint density at radius 1 is 1.24 bits per heavy atom. The molecule has 0 saturated heterocycles. The SMILES string of the molecule is C=C(/C=C(\N=CN)c1ccc(F)c(Cl)c1)NS(=O)(=O)c1ccccc1. The highest BCUT2D eigenvalue weighted by Gasteiger charge is 2.14. The number of nitrogens with two attached hydrogens (primary N) is 1. The summed E-state index contributed by atoms with van der Waals surface area (Å²) < 4.78 is 40.2. The van der Waals surface area contributed by atoms with Crippen LogP contribution in [0.1, 0.15) is 5.56 Å². The molecule has 0 spiro atoms. The second-order valence-electron chi connectivity index (χ2n) is 4.88. The van der Waals surface area contributed by atoms with Crippen molar-refractivity contribution in [1.29, 1.82) is 0 Å². The molecule has 3 N–H and O–H groups in total. The summed E-state index contributed by atoms with van der Waals surface area (Å²) in [7, 11) is -3.78. The van der Waals surface area contributed by atoms with Gasteiger partial charge in [-0.2, -0.15) is 0 Å². The van der Waals surface area contributed by atoms with E-state index in [1.165, 1.54) is 36.4 Å². The molecule has 8 heteroatoms. The molecule has 0 amide bonds. The Morgan fingerprint density at radius 2 is 1.92 bits per heavy atom. The molecule has 0 saturated carbocycles. The molecule has 0 aliphatic heterocycles. The van der Waals surface area contributed by atoms with Gasteiger partial charge in [-0.1, -0.05) is 36.4 Å². The summed E-state index contributed by atoms with van der Waals surface area (Å²) in [5.41, 5.74) is 6.10. The van der Waals surface area contributed by atoms with Crippen LogP contribution in [-0.4, -0.2) is 14.8 Å². The van der Waals surface area contributed by atoms with Crippen molar-refractivity contribution < 1.29 is 12.8 Å². The lowest BCUT2D eigenvalue weighted by atomic mass is 10.1. The van der Waals surface area contributed by atoms with Crippen LogP contribution >= 0.6 is 11.6 Å². The van der Waals surface area contributed by atoms with Crippen molar-refractivity contribution in [2.75, 3.05) is 0 Å². The zero-order valence-corrected chi connectivity index (χ0v) is 14.6. The monoisotopic (exact) mass is 379 g/mol. The minimum absolute atomic E-state index is 0.0601. The number of sulfonamides is 1. The molecule has 5 nitrogen and oxygen atoms in total. The van der Waals surface area contributed by atoms with Crippen LogP contribution in [0, 0.1) is 5.82 Å². The van der Waals surface area contributed by atoms with E-state index in [2.05, 4.69) is 16.3 Å². The second-order valence-corrected chi connectivity index (χ2v) is 6.97. The molecule has 0 unspecified atom stereocenters. The molecular weight excluding hydrogens is 365 g/mol. The summed E-state index contributed by atoms with van der Waals surface area (Å²) in [4.78, 5) is 4.04. The average Bonchev–Trinajstić information content (AvgIpc) is 2.57. The number of rotatable bonds is 6. The number of nitrogens with zero attached hydrogens (tertiary/aromatic N) is 1. The largest absolute Gasteiger partial charge is 0.390 e. The predicted molar refractivity (Wildman–Crippen MR) is 98.0 cm³/mol. The van der Waals surface area contributed by atoms with Crippen LogP contribution in [-0.2, 0) is 10.0 Å². The lowest BCUT2D eigenvalue weighted by Crippen LogP contribution is -2.21. The molecule has 0 aliphatic carbocycles. The summed E-state index contributed by atoms with van der Waals surface area (Å²) in [5.74, 6) is -0.579. The van der Waals surface area contributed by atoms with E-state index >= 15 is 0 Å². The van der Waals surface area contributed by atoms with Gasteiger partial charge in [0.1, 0.15) is 5.82 Å². The maximum atomic E-state index is 13.3. The van der Waals surface area contributed by atoms with Crippen LogP contribution in [0.25, 0.3) is 5.70 Å². The fourth-order valence-corrected chi connectivity index (χ4v) is 3.17. The lowest BCUT2D eigenvalue weighted by molar-refractivity contribution is 0.589. The van der Waals surface area contributed by atoms with Crippen LogP contribution < -0.4 is 10.5 Å². The van der Waals surface area contributed by atoms with Crippen LogP contribution in [0.2, 0.25) is 5.02 Å². The fourth-order valence-electron chi connectivity index (χ4n) is 1.96. The third-order valence-corrected chi connectivity index (χ3v) is 4.77. The Kier molecular flexibility index (Phi) is 5.95. The van der Waals surface area contributed by atoms with Crippen molar-refractivity contribution in [3.63, 3.8) is 0 Å². The van der Waals surface area contributed by atoms with Gasteiger partial charge in [0.05, 0.1) is 22.0 Å². The van der Waals surface area contributed by atoms with Crippen LogP contribution in [0.4, 0.5) is 4.39 Å². The van der Waals surface area contributed by atoms with E-state index in [0.29, 0.717) is 5.56 Å². The zero-order valence-electron chi connectivity index (χ0n) is 13.0. The van der Waals surface area contributed by atoms with Gasteiger partial charge in [-0.25, -0.2) is 17.8 Å². The van der Waals surface area contributed by atoms with Gasteiger partial charge in [0.25, 0.3) is 10.0 Å². The number of hydrogen-bond acceptors (Lipinski definition) is 3. The predicted octanol–water partition coefficient (Wildman–Crippen LogP) is 3.30. The highest BCUT2D eigenvalue weighted by atomic mass is 35.5. The van der Waals surface area contributed by atoms with Crippen LogP contribution in [0.3, 0.4) is 0 Å². The number of allylic oxidation sites excluding steroid dienone is 1. The molecule has 0 atom stereocenters. The first-order chi connectivity index (χ1) is 11.8. The Balaban J connectivity index is 2.31. The van der Waals surface area contributed by atoms with Crippen molar-refractivity contribution in [3.8, 4) is 0 Å². The minimum atomic E-state index is -3.78. The van der Waals surface area contributed by atoms with E-state index in [4.69, 9.17) is 17.3 Å². The molecule has 0 bridgehead atoms. The van der Waals surface area contributed by atoms with Crippen molar-refractivity contribution >= 4 is 33.7 Å². The van der Waals surface area contributed by atoms with Crippen molar-refractivity contribution in [1.82, 2.24) is 4.72 Å². The smallest absolute Gasteiger partial charge is 0.261 e. The highest BCUT2D eigenvalue weighted by Crippen LogP contribution is 2.23. The van der Waals surface area contributed by atoms with Gasteiger partial charge in [-0.05, 0) is 36.4 Å². The van der Waals surface area contributed by atoms with Crippen molar-refractivity contribution in [2.45, 2.75) is 4.90 Å². The molecule has 2 aromatic rings. The summed E-state index contributed by atoms with van der Waals surface area (Å²) in [5, 5.41) is -0.0916. The minimum Gasteiger partial charge on any atom is -0.390 e. The number of halogens is 2.